The molecule has 0 radical (unpaired) electrons. The van der Waals surface area contributed by atoms with Gasteiger partial charge >= 0.3 is 0 Å². The molecule has 0 aliphatic carbocycles. The molecule has 138 valence electrons. The quantitative estimate of drug-likeness (QED) is 0.597. The Morgan fingerprint density at radius 3 is 2.58 bits per heavy atom. The van der Waals surface area contributed by atoms with Gasteiger partial charge in [0, 0.05) is 24.5 Å². The zero-order chi connectivity index (χ0) is 18.7. The van der Waals surface area contributed by atoms with Gasteiger partial charge in [-0.2, -0.15) is 0 Å². The fourth-order valence-electron chi connectivity index (χ4n) is 3.15. The molecule has 0 N–H and O–H groups in total. The van der Waals surface area contributed by atoms with E-state index >= 15 is 0 Å². The maximum Gasteiger partial charge on any atom is 0.262 e. The van der Waals surface area contributed by atoms with Crippen molar-refractivity contribution in [2.75, 3.05) is 13.7 Å². The molecule has 0 bridgehead atoms. The molecule has 1 aromatic carbocycles. The number of nitrogens with zero attached hydrogens (tertiary/aromatic N) is 2. The lowest BCUT2D eigenvalue weighted by Crippen LogP contribution is -2.27. The summed E-state index contributed by atoms with van der Waals surface area (Å²) in [6, 6.07) is 8.50. The van der Waals surface area contributed by atoms with Crippen molar-refractivity contribution in [3.05, 3.63) is 51.4 Å². The molecular weight excluding hydrogens is 344 g/mol. The molecular formula is C21H26N2O2S. The van der Waals surface area contributed by atoms with Crippen LogP contribution in [0.25, 0.3) is 21.3 Å². The summed E-state index contributed by atoms with van der Waals surface area (Å²) in [5, 5.41) is 2.78. The average molecular weight is 371 g/mol. The van der Waals surface area contributed by atoms with Crippen LogP contribution in [0.5, 0.6) is 0 Å². The van der Waals surface area contributed by atoms with Gasteiger partial charge in [0.1, 0.15) is 10.7 Å². The second kappa shape index (κ2) is 8.14. The molecule has 26 heavy (non-hydrogen) atoms. The monoisotopic (exact) mass is 370 g/mol. The molecule has 0 amide bonds. The van der Waals surface area contributed by atoms with Crippen LogP contribution >= 0.6 is 11.3 Å². The van der Waals surface area contributed by atoms with Crippen molar-refractivity contribution in [3.8, 4) is 11.1 Å². The summed E-state index contributed by atoms with van der Waals surface area (Å²) in [5.41, 5.74) is 3.39. The first kappa shape index (κ1) is 18.8. The van der Waals surface area contributed by atoms with Crippen LogP contribution in [0, 0.1) is 0 Å². The number of fused-ring (bicyclic) bond motifs is 1. The topological polar surface area (TPSA) is 44.1 Å². The second-order valence-electron chi connectivity index (χ2n) is 6.83. The van der Waals surface area contributed by atoms with E-state index in [4.69, 9.17) is 9.72 Å². The zero-order valence-corrected chi connectivity index (χ0v) is 16.7. The predicted octanol–water partition coefficient (Wildman–Crippen LogP) is 4.85. The Balaban J connectivity index is 2.14. The number of aromatic nitrogens is 2. The van der Waals surface area contributed by atoms with Gasteiger partial charge < -0.3 is 4.74 Å². The summed E-state index contributed by atoms with van der Waals surface area (Å²) in [4.78, 5) is 18.9. The highest BCUT2D eigenvalue weighted by Gasteiger charge is 2.16. The molecule has 2 heterocycles. The maximum absolute atomic E-state index is 13.2. The minimum absolute atomic E-state index is 0.0414. The molecule has 0 atom stereocenters. The predicted molar refractivity (Wildman–Crippen MR) is 109 cm³/mol. The van der Waals surface area contributed by atoms with Crippen molar-refractivity contribution in [1.29, 1.82) is 0 Å². The van der Waals surface area contributed by atoms with Crippen molar-refractivity contribution in [1.82, 2.24) is 9.55 Å². The molecule has 3 rings (SSSR count). The number of ether oxygens (including phenoxy) is 1. The van der Waals surface area contributed by atoms with Crippen LogP contribution in [-0.2, 0) is 17.7 Å². The molecule has 0 saturated heterocycles. The SMILES string of the molecule is CCCc1nc2scc(-c3ccc(C(C)C)cc3)c2c(=O)n1CCOC. The third kappa shape index (κ3) is 3.60. The van der Waals surface area contributed by atoms with Gasteiger partial charge in [-0.15, -0.1) is 11.3 Å². The molecule has 2 aromatic heterocycles. The highest BCUT2D eigenvalue weighted by molar-refractivity contribution is 7.17. The second-order valence-corrected chi connectivity index (χ2v) is 7.69. The van der Waals surface area contributed by atoms with Crippen molar-refractivity contribution in [2.45, 2.75) is 46.1 Å². The van der Waals surface area contributed by atoms with Crippen LogP contribution in [0.4, 0.5) is 0 Å². The van der Waals surface area contributed by atoms with Crippen LogP contribution in [0.3, 0.4) is 0 Å². The minimum Gasteiger partial charge on any atom is -0.383 e. The number of hydrogen-bond donors (Lipinski definition) is 0. The molecule has 5 heteroatoms. The highest BCUT2D eigenvalue weighted by Crippen LogP contribution is 2.32. The normalized spacial score (nSPS) is 11.6. The summed E-state index contributed by atoms with van der Waals surface area (Å²) in [6.45, 7) is 7.51. The number of rotatable bonds is 7. The summed E-state index contributed by atoms with van der Waals surface area (Å²) < 4.78 is 6.98. The van der Waals surface area contributed by atoms with Gasteiger partial charge in [0.05, 0.1) is 18.5 Å². The smallest absolute Gasteiger partial charge is 0.262 e. The summed E-state index contributed by atoms with van der Waals surface area (Å²) >= 11 is 1.55. The first-order chi connectivity index (χ1) is 12.6. The lowest BCUT2D eigenvalue weighted by Gasteiger charge is -2.12. The third-order valence-electron chi connectivity index (χ3n) is 4.65. The van der Waals surface area contributed by atoms with Crippen LogP contribution in [0.2, 0.25) is 0 Å². The fraction of sp³-hybridized carbons (Fsp3) is 0.429. The van der Waals surface area contributed by atoms with Crippen molar-refractivity contribution in [2.24, 2.45) is 0 Å². The van der Waals surface area contributed by atoms with Crippen molar-refractivity contribution >= 4 is 21.6 Å². The molecule has 4 nitrogen and oxygen atoms in total. The van der Waals surface area contributed by atoms with E-state index in [0.29, 0.717) is 19.1 Å². The van der Waals surface area contributed by atoms with E-state index in [1.807, 2.05) is 0 Å². The molecule has 0 aliphatic heterocycles. The largest absolute Gasteiger partial charge is 0.383 e. The summed E-state index contributed by atoms with van der Waals surface area (Å²) in [6.07, 6.45) is 1.75. The number of benzene rings is 1. The minimum atomic E-state index is 0.0414. The fourth-order valence-corrected chi connectivity index (χ4v) is 4.11. The Morgan fingerprint density at radius 2 is 1.96 bits per heavy atom. The van der Waals surface area contributed by atoms with Crippen LogP contribution in [0.15, 0.2) is 34.4 Å². The number of hydrogen-bond acceptors (Lipinski definition) is 4. The van der Waals surface area contributed by atoms with Gasteiger partial charge in [0.15, 0.2) is 0 Å². The van der Waals surface area contributed by atoms with Crippen molar-refractivity contribution in [3.63, 3.8) is 0 Å². The highest BCUT2D eigenvalue weighted by atomic mass is 32.1. The van der Waals surface area contributed by atoms with E-state index in [-0.39, 0.29) is 5.56 Å². The Morgan fingerprint density at radius 1 is 1.23 bits per heavy atom. The van der Waals surface area contributed by atoms with Gasteiger partial charge in [0.2, 0.25) is 0 Å². The molecule has 0 fully saturated rings. The first-order valence-electron chi connectivity index (χ1n) is 9.17. The van der Waals surface area contributed by atoms with Gasteiger partial charge in [-0.05, 0) is 23.5 Å². The summed E-state index contributed by atoms with van der Waals surface area (Å²) in [7, 11) is 1.66. The standard InChI is InChI=1S/C21H26N2O2S/c1-5-6-18-22-20-19(21(24)23(18)11-12-25-4)17(13-26-20)16-9-7-15(8-10-16)14(2)3/h7-10,13-14H,5-6,11-12H2,1-4H3. The lowest BCUT2D eigenvalue weighted by atomic mass is 9.99. The number of methoxy groups -OCH3 is 1. The Bertz CT molecular complexity index is 939. The van der Waals surface area contributed by atoms with Crippen molar-refractivity contribution < 1.29 is 4.74 Å². The molecule has 0 aliphatic rings. The van der Waals surface area contributed by atoms with Gasteiger partial charge in [-0.1, -0.05) is 45.0 Å². The van der Waals surface area contributed by atoms with Gasteiger partial charge in [-0.25, -0.2) is 4.98 Å². The summed E-state index contributed by atoms with van der Waals surface area (Å²) in [5.74, 6) is 1.35. The van der Waals surface area contributed by atoms with Gasteiger partial charge in [-0.3, -0.25) is 9.36 Å². The first-order valence-corrected chi connectivity index (χ1v) is 10.0. The molecule has 0 unspecified atom stereocenters. The van der Waals surface area contributed by atoms with E-state index < -0.39 is 0 Å². The molecule has 3 aromatic rings. The van der Waals surface area contributed by atoms with Crippen LogP contribution < -0.4 is 5.56 Å². The Labute approximate surface area is 158 Å². The lowest BCUT2D eigenvalue weighted by molar-refractivity contribution is 0.185. The Kier molecular flexibility index (Phi) is 5.89. The number of thiophene rings is 1. The van der Waals surface area contributed by atoms with E-state index in [9.17, 15) is 4.79 Å². The molecule has 0 spiro atoms. The maximum atomic E-state index is 13.2. The number of aryl methyl sites for hydroxylation is 1. The van der Waals surface area contributed by atoms with E-state index in [1.165, 1.54) is 5.56 Å². The van der Waals surface area contributed by atoms with Gasteiger partial charge in [0.25, 0.3) is 5.56 Å². The average Bonchev–Trinajstić information content (AvgIpc) is 3.06. The van der Waals surface area contributed by atoms with E-state index in [1.54, 1.807) is 23.0 Å². The zero-order valence-electron chi connectivity index (χ0n) is 15.9. The van der Waals surface area contributed by atoms with E-state index in [2.05, 4.69) is 50.4 Å². The van der Waals surface area contributed by atoms with Crippen LogP contribution in [-0.4, -0.2) is 23.3 Å². The van der Waals surface area contributed by atoms with E-state index in [0.717, 1.165) is 40.0 Å². The third-order valence-corrected chi connectivity index (χ3v) is 5.53. The molecule has 0 saturated carbocycles. The van der Waals surface area contributed by atoms with Crippen LogP contribution in [0.1, 0.15) is 44.5 Å². The Hall–Kier alpha value is -1.98.